The molecule has 0 fully saturated rings. The molecule has 0 amide bonds. The highest BCUT2D eigenvalue weighted by atomic mass is 32.1. The molecule has 0 aliphatic heterocycles. The van der Waals surface area contributed by atoms with Crippen LogP contribution in [0.3, 0.4) is 0 Å². The molecule has 6 nitrogen and oxygen atoms in total. The van der Waals surface area contributed by atoms with Gasteiger partial charge in [-0.05, 0) is 37.3 Å². The molecule has 0 aliphatic rings. The Morgan fingerprint density at radius 1 is 1.12 bits per heavy atom. The predicted octanol–water partition coefficient (Wildman–Crippen LogP) is 3.80. The molecule has 10 heteroatoms. The lowest BCUT2D eigenvalue weighted by molar-refractivity contribution is -0.146. The fourth-order valence-corrected chi connectivity index (χ4v) is 3.16. The minimum absolute atomic E-state index is 0.0291. The van der Waals surface area contributed by atoms with Crippen molar-refractivity contribution in [1.29, 1.82) is 0 Å². The number of alkyl halides is 3. The summed E-state index contributed by atoms with van der Waals surface area (Å²) in [5, 5.41) is 14.5. The van der Waals surface area contributed by atoms with Crippen LogP contribution in [-0.2, 0) is 6.18 Å². The van der Waals surface area contributed by atoms with Crippen LogP contribution in [0.25, 0.3) is 15.9 Å². The van der Waals surface area contributed by atoms with Crippen molar-refractivity contribution in [1.82, 2.24) is 24.8 Å². The smallest absolute Gasteiger partial charge is 0.339 e. The number of fused-ring (bicyclic) bond motifs is 2. The van der Waals surface area contributed by atoms with Crippen LogP contribution >= 0.6 is 11.3 Å². The first-order chi connectivity index (χ1) is 11.4. The molecule has 4 rings (SSSR count). The van der Waals surface area contributed by atoms with Crippen molar-refractivity contribution in [2.24, 2.45) is 0 Å². The number of nitrogens with zero attached hydrogens (tertiary/aromatic N) is 5. The molecule has 0 saturated carbocycles. The van der Waals surface area contributed by atoms with Crippen molar-refractivity contribution in [3.05, 3.63) is 41.2 Å². The third-order valence-corrected chi connectivity index (χ3v) is 4.22. The summed E-state index contributed by atoms with van der Waals surface area (Å²) >= 11 is 1.54. The molecule has 0 unspecified atom stereocenters. The van der Waals surface area contributed by atoms with E-state index in [-0.39, 0.29) is 11.5 Å². The second-order valence-electron chi connectivity index (χ2n) is 5.05. The molecule has 3 heterocycles. The molecule has 4 aromatic rings. The number of benzene rings is 1. The first-order valence-electron chi connectivity index (χ1n) is 6.84. The van der Waals surface area contributed by atoms with E-state index < -0.39 is 12.0 Å². The van der Waals surface area contributed by atoms with E-state index in [0.717, 1.165) is 15.2 Å². The predicted molar refractivity (Wildman–Crippen MR) is 83.4 cm³/mol. The lowest BCUT2D eigenvalue weighted by Gasteiger charge is -2.07. The van der Waals surface area contributed by atoms with E-state index in [1.165, 1.54) is 6.07 Å². The first-order valence-corrected chi connectivity index (χ1v) is 7.66. The van der Waals surface area contributed by atoms with Gasteiger partial charge in [0, 0.05) is 5.69 Å². The van der Waals surface area contributed by atoms with Gasteiger partial charge >= 0.3 is 6.18 Å². The molecule has 1 N–H and O–H groups in total. The summed E-state index contributed by atoms with van der Waals surface area (Å²) in [4.78, 5) is 4.36. The van der Waals surface area contributed by atoms with Gasteiger partial charge in [0.1, 0.15) is 0 Å². The number of anilines is 2. The maximum Gasteiger partial charge on any atom is 0.453 e. The van der Waals surface area contributed by atoms with Crippen LogP contribution in [0.15, 0.2) is 30.3 Å². The van der Waals surface area contributed by atoms with Crippen molar-refractivity contribution in [3.8, 4) is 0 Å². The molecule has 0 aliphatic carbocycles. The number of hydrogen-bond acceptors (Lipinski definition) is 6. The number of hydrogen-bond donors (Lipinski definition) is 1. The maximum atomic E-state index is 12.9. The van der Waals surface area contributed by atoms with E-state index in [4.69, 9.17) is 0 Å². The van der Waals surface area contributed by atoms with Gasteiger partial charge in [-0.2, -0.15) is 17.7 Å². The van der Waals surface area contributed by atoms with Gasteiger partial charge in [-0.15, -0.1) is 26.6 Å². The Morgan fingerprint density at radius 2 is 1.96 bits per heavy atom. The van der Waals surface area contributed by atoms with Gasteiger partial charge in [0.25, 0.3) is 5.82 Å². The van der Waals surface area contributed by atoms with Gasteiger partial charge in [-0.1, -0.05) is 0 Å². The van der Waals surface area contributed by atoms with E-state index in [0.29, 0.717) is 10.2 Å². The zero-order chi connectivity index (χ0) is 16.9. The van der Waals surface area contributed by atoms with Gasteiger partial charge in [0.15, 0.2) is 11.5 Å². The number of rotatable bonds is 2. The van der Waals surface area contributed by atoms with Gasteiger partial charge in [0.05, 0.1) is 15.2 Å². The third kappa shape index (κ3) is 2.54. The van der Waals surface area contributed by atoms with Crippen molar-refractivity contribution < 1.29 is 13.2 Å². The Kier molecular flexibility index (Phi) is 3.17. The van der Waals surface area contributed by atoms with E-state index in [9.17, 15) is 13.2 Å². The standard InChI is InChI=1S/C14H9F3N6S/c1-7-18-9-3-2-8(6-10(9)24-7)19-11-4-5-12-20-21-13(14(15,16)17)23(12)22-11/h2-6H,1H3,(H,19,22). The average Bonchev–Trinajstić information content (AvgIpc) is 3.08. The quantitative estimate of drug-likeness (QED) is 0.595. The maximum absolute atomic E-state index is 12.9. The number of halogens is 3. The SMILES string of the molecule is Cc1nc2ccc(Nc3ccc4nnc(C(F)(F)F)n4n3)cc2s1. The minimum atomic E-state index is -4.62. The van der Waals surface area contributed by atoms with Crippen LogP contribution in [0.4, 0.5) is 24.7 Å². The number of thiazole rings is 1. The van der Waals surface area contributed by atoms with Crippen molar-refractivity contribution in [3.63, 3.8) is 0 Å². The van der Waals surface area contributed by atoms with Crippen LogP contribution in [0.5, 0.6) is 0 Å². The van der Waals surface area contributed by atoms with E-state index in [2.05, 4.69) is 25.6 Å². The second-order valence-corrected chi connectivity index (χ2v) is 6.29. The monoisotopic (exact) mass is 350 g/mol. The molecule has 0 radical (unpaired) electrons. The minimum Gasteiger partial charge on any atom is -0.339 e. The third-order valence-electron chi connectivity index (χ3n) is 3.28. The Balaban J connectivity index is 1.72. The van der Waals surface area contributed by atoms with E-state index in [1.54, 1.807) is 23.5 Å². The molecule has 0 bridgehead atoms. The largest absolute Gasteiger partial charge is 0.453 e. The molecule has 0 atom stereocenters. The highest BCUT2D eigenvalue weighted by Gasteiger charge is 2.37. The number of nitrogens with one attached hydrogen (secondary N) is 1. The van der Waals surface area contributed by atoms with Crippen LogP contribution in [0, 0.1) is 6.92 Å². The summed E-state index contributed by atoms with van der Waals surface area (Å²) < 4.78 is 40.4. The normalized spacial score (nSPS) is 12.2. The highest BCUT2D eigenvalue weighted by Crippen LogP contribution is 2.29. The molecule has 0 saturated heterocycles. The Bertz CT molecular complexity index is 1050. The molecule has 1 aromatic carbocycles. The molecule has 24 heavy (non-hydrogen) atoms. The van der Waals surface area contributed by atoms with Crippen molar-refractivity contribution in [2.45, 2.75) is 13.1 Å². The first kappa shape index (κ1) is 14.8. The fraction of sp³-hybridized carbons (Fsp3) is 0.143. The molecular weight excluding hydrogens is 341 g/mol. The Labute approximate surface area is 137 Å². The van der Waals surface area contributed by atoms with E-state index in [1.807, 2.05) is 19.1 Å². The average molecular weight is 350 g/mol. The highest BCUT2D eigenvalue weighted by molar-refractivity contribution is 7.18. The van der Waals surface area contributed by atoms with Crippen LogP contribution in [0.2, 0.25) is 0 Å². The van der Waals surface area contributed by atoms with Gasteiger partial charge in [0.2, 0.25) is 0 Å². The molecule has 0 spiro atoms. The summed E-state index contributed by atoms with van der Waals surface area (Å²) in [5.41, 5.74) is 1.62. The fourth-order valence-electron chi connectivity index (χ4n) is 2.30. The van der Waals surface area contributed by atoms with Gasteiger partial charge in [-0.25, -0.2) is 4.98 Å². The van der Waals surface area contributed by atoms with Crippen LogP contribution < -0.4 is 5.32 Å². The zero-order valence-electron chi connectivity index (χ0n) is 12.2. The summed E-state index contributed by atoms with van der Waals surface area (Å²) in [5.74, 6) is -0.900. The summed E-state index contributed by atoms with van der Waals surface area (Å²) in [6.07, 6.45) is -4.62. The topological polar surface area (TPSA) is 68.0 Å². The Hall–Kier alpha value is -2.75. The molecule has 122 valence electrons. The number of aryl methyl sites for hydroxylation is 1. The van der Waals surface area contributed by atoms with Crippen LogP contribution in [-0.4, -0.2) is 24.8 Å². The van der Waals surface area contributed by atoms with E-state index >= 15 is 0 Å². The van der Waals surface area contributed by atoms with Crippen LogP contribution in [0.1, 0.15) is 10.8 Å². The van der Waals surface area contributed by atoms with Gasteiger partial charge < -0.3 is 5.32 Å². The zero-order valence-corrected chi connectivity index (χ0v) is 13.0. The lowest BCUT2D eigenvalue weighted by atomic mass is 10.3. The summed E-state index contributed by atoms with van der Waals surface area (Å²) in [7, 11) is 0. The summed E-state index contributed by atoms with van der Waals surface area (Å²) in [6, 6.07) is 8.49. The van der Waals surface area contributed by atoms with Crippen molar-refractivity contribution in [2.75, 3.05) is 5.32 Å². The lowest BCUT2D eigenvalue weighted by Crippen LogP contribution is -2.13. The van der Waals surface area contributed by atoms with Gasteiger partial charge in [-0.3, -0.25) is 0 Å². The molecular formula is C14H9F3N6S. The molecule has 3 aromatic heterocycles. The van der Waals surface area contributed by atoms with Crippen molar-refractivity contribution >= 4 is 38.7 Å². The Morgan fingerprint density at radius 3 is 2.75 bits per heavy atom. The number of aromatic nitrogens is 5. The summed E-state index contributed by atoms with van der Waals surface area (Å²) in [6.45, 7) is 1.91. The second kappa shape index (κ2) is 5.13.